The lowest BCUT2D eigenvalue weighted by Gasteiger charge is -2.27. The minimum absolute atomic E-state index is 0.275. The second kappa shape index (κ2) is 3.15. The van der Waals surface area contributed by atoms with E-state index in [1.165, 1.54) is 0 Å². The molecule has 0 unspecified atom stereocenters. The molecule has 0 nitrogen and oxygen atoms in total. The highest BCUT2D eigenvalue weighted by atomic mass is 35.5. The minimum atomic E-state index is 0.275. The summed E-state index contributed by atoms with van der Waals surface area (Å²) in [5, 5.41) is 1.25. The van der Waals surface area contributed by atoms with E-state index in [0.717, 1.165) is 11.5 Å². The summed E-state index contributed by atoms with van der Waals surface area (Å²) in [6.45, 7) is 4.27. The van der Waals surface area contributed by atoms with Gasteiger partial charge >= 0.3 is 0 Å². The molecule has 0 radical (unpaired) electrons. The topological polar surface area (TPSA) is 0 Å². The van der Waals surface area contributed by atoms with E-state index in [0.29, 0.717) is 11.8 Å². The van der Waals surface area contributed by atoms with Crippen LogP contribution in [0, 0.1) is 11.8 Å². The summed E-state index contributed by atoms with van der Waals surface area (Å²) in [5.41, 5.74) is 0. The molecule has 0 spiro atoms. The molecule has 2 heteroatoms. The van der Waals surface area contributed by atoms with Crippen molar-refractivity contribution in [3.05, 3.63) is 11.1 Å². The highest BCUT2D eigenvalue weighted by Gasteiger charge is 2.25. The summed E-state index contributed by atoms with van der Waals surface area (Å²) in [5.74, 6) is 0.956. The van der Waals surface area contributed by atoms with Crippen LogP contribution in [0.2, 0.25) is 0 Å². The number of allylic oxidation sites excluding steroid dienone is 2. The Bertz CT molecular complexity index is 151. The maximum absolute atomic E-state index is 6.02. The third-order valence-electron chi connectivity index (χ3n) is 2.33. The van der Waals surface area contributed by atoms with Gasteiger partial charge in [-0.1, -0.05) is 31.5 Å². The normalized spacial score (nSPS) is 41.2. The standard InChI is InChI=1S/C8H12Cl2/c1-5-6(2)8(10)4-3-7(5)9/h3,5-6,8H,4H2,1-2H3/t5-,6-,8+/m0/s1. The Morgan fingerprint density at radius 2 is 2.10 bits per heavy atom. The van der Waals surface area contributed by atoms with E-state index in [-0.39, 0.29) is 5.38 Å². The van der Waals surface area contributed by atoms with Gasteiger partial charge in [-0.3, -0.25) is 0 Å². The molecule has 0 saturated carbocycles. The van der Waals surface area contributed by atoms with Gasteiger partial charge < -0.3 is 0 Å². The molecule has 0 aromatic heterocycles. The van der Waals surface area contributed by atoms with Crippen molar-refractivity contribution in [2.75, 3.05) is 0 Å². The van der Waals surface area contributed by atoms with Crippen LogP contribution >= 0.6 is 23.2 Å². The third-order valence-corrected chi connectivity index (χ3v) is 3.41. The van der Waals surface area contributed by atoms with Crippen molar-refractivity contribution >= 4 is 23.2 Å². The van der Waals surface area contributed by atoms with Crippen LogP contribution in [0.15, 0.2) is 11.1 Å². The minimum Gasteiger partial charge on any atom is -0.122 e. The smallest absolute Gasteiger partial charge is 0.0402 e. The van der Waals surface area contributed by atoms with Crippen LogP contribution in [0.4, 0.5) is 0 Å². The number of halogens is 2. The van der Waals surface area contributed by atoms with Crippen molar-refractivity contribution in [1.82, 2.24) is 0 Å². The third kappa shape index (κ3) is 1.49. The number of hydrogen-bond acceptors (Lipinski definition) is 0. The van der Waals surface area contributed by atoms with Crippen molar-refractivity contribution < 1.29 is 0 Å². The molecular weight excluding hydrogens is 167 g/mol. The van der Waals surface area contributed by atoms with Crippen molar-refractivity contribution in [1.29, 1.82) is 0 Å². The van der Waals surface area contributed by atoms with E-state index in [2.05, 4.69) is 13.8 Å². The van der Waals surface area contributed by atoms with Gasteiger partial charge in [0.15, 0.2) is 0 Å². The van der Waals surface area contributed by atoms with E-state index in [9.17, 15) is 0 Å². The van der Waals surface area contributed by atoms with Crippen LogP contribution in [-0.4, -0.2) is 5.38 Å². The zero-order valence-corrected chi connectivity index (χ0v) is 7.78. The average Bonchev–Trinajstić information content (AvgIpc) is 1.93. The van der Waals surface area contributed by atoms with Crippen molar-refractivity contribution in [3.63, 3.8) is 0 Å². The average molecular weight is 179 g/mol. The van der Waals surface area contributed by atoms with Gasteiger partial charge in [-0.2, -0.15) is 0 Å². The zero-order valence-electron chi connectivity index (χ0n) is 6.27. The molecule has 3 atom stereocenters. The largest absolute Gasteiger partial charge is 0.122 e. The highest BCUT2D eigenvalue weighted by molar-refractivity contribution is 6.30. The zero-order chi connectivity index (χ0) is 7.72. The van der Waals surface area contributed by atoms with Gasteiger partial charge in [0.1, 0.15) is 0 Å². The molecule has 0 aliphatic heterocycles. The van der Waals surface area contributed by atoms with Gasteiger partial charge in [0.05, 0.1) is 0 Å². The molecule has 10 heavy (non-hydrogen) atoms. The van der Waals surface area contributed by atoms with E-state index >= 15 is 0 Å². The second-order valence-electron chi connectivity index (χ2n) is 2.99. The van der Waals surface area contributed by atoms with Gasteiger partial charge in [-0.25, -0.2) is 0 Å². The summed E-state index contributed by atoms with van der Waals surface area (Å²) in [4.78, 5) is 0. The number of rotatable bonds is 0. The Hall–Kier alpha value is 0.320. The Morgan fingerprint density at radius 3 is 2.60 bits per heavy atom. The van der Waals surface area contributed by atoms with Gasteiger partial charge in [-0.15, -0.1) is 11.6 Å². The molecule has 1 aliphatic rings. The highest BCUT2D eigenvalue weighted by Crippen LogP contribution is 2.34. The molecule has 0 aromatic carbocycles. The summed E-state index contributed by atoms with van der Waals surface area (Å²) in [7, 11) is 0. The fourth-order valence-electron chi connectivity index (χ4n) is 1.19. The molecular formula is C8H12Cl2. The van der Waals surface area contributed by atoms with E-state index in [1.807, 2.05) is 6.08 Å². The summed E-state index contributed by atoms with van der Waals surface area (Å²) in [6.07, 6.45) is 2.95. The van der Waals surface area contributed by atoms with E-state index in [1.54, 1.807) is 0 Å². The lowest BCUT2D eigenvalue weighted by molar-refractivity contribution is 0.413. The first-order valence-corrected chi connectivity index (χ1v) is 4.44. The van der Waals surface area contributed by atoms with Crippen LogP contribution in [0.25, 0.3) is 0 Å². The van der Waals surface area contributed by atoms with Crippen LogP contribution in [-0.2, 0) is 0 Å². The molecule has 0 bridgehead atoms. The van der Waals surface area contributed by atoms with Crippen molar-refractivity contribution in [2.24, 2.45) is 11.8 Å². The predicted octanol–water partition coefficient (Wildman–Crippen LogP) is 3.39. The van der Waals surface area contributed by atoms with E-state index in [4.69, 9.17) is 23.2 Å². The van der Waals surface area contributed by atoms with Crippen molar-refractivity contribution in [2.45, 2.75) is 25.6 Å². The van der Waals surface area contributed by atoms with Gasteiger partial charge in [0.2, 0.25) is 0 Å². The maximum atomic E-state index is 6.02. The van der Waals surface area contributed by atoms with E-state index < -0.39 is 0 Å². The van der Waals surface area contributed by atoms with Crippen LogP contribution in [0.3, 0.4) is 0 Å². The SMILES string of the molecule is C[C@@H]1[C@H](Cl)CC=C(Cl)[C@H]1C. The van der Waals surface area contributed by atoms with Gasteiger partial charge in [0, 0.05) is 10.4 Å². The summed E-state index contributed by atoms with van der Waals surface area (Å²) in [6, 6.07) is 0. The van der Waals surface area contributed by atoms with Crippen LogP contribution < -0.4 is 0 Å². The first-order valence-electron chi connectivity index (χ1n) is 3.62. The van der Waals surface area contributed by atoms with Gasteiger partial charge in [-0.05, 0) is 18.3 Å². The Kier molecular flexibility index (Phi) is 2.65. The lowest BCUT2D eigenvalue weighted by atomic mass is 9.86. The fourth-order valence-corrected chi connectivity index (χ4v) is 1.79. The van der Waals surface area contributed by atoms with Crippen LogP contribution in [0.1, 0.15) is 20.3 Å². The fraction of sp³-hybridized carbons (Fsp3) is 0.750. The maximum Gasteiger partial charge on any atom is 0.0402 e. The number of alkyl halides is 1. The Morgan fingerprint density at radius 1 is 1.50 bits per heavy atom. The van der Waals surface area contributed by atoms with Crippen molar-refractivity contribution in [3.8, 4) is 0 Å². The molecule has 0 heterocycles. The molecule has 58 valence electrons. The molecule has 0 amide bonds. The van der Waals surface area contributed by atoms with Gasteiger partial charge in [0.25, 0.3) is 0 Å². The molecule has 1 aliphatic carbocycles. The second-order valence-corrected chi connectivity index (χ2v) is 3.99. The summed E-state index contributed by atoms with van der Waals surface area (Å²) >= 11 is 12.0. The number of hydrogen-bond donors (Lipinski definition) is 0. The lowest BCUT2D eigenvalue weighted by Crippen LogP contribution is -2.22. The molecule has 1 rings (SSSR count). The summed E-state index contributed by atoms with van der Waals surface area (Å²) < 4.78 is 0. The molecule has 0 aromatic rings. The Balaban J connectivity index is 2.71. The quantitative estimate of drug-likeness (QED) is 0.500. The molecule has 0 saturated heterocycles. The first kappa shape index (κ1) is 8.42. The molecule has 0 N–H and O–H groups in total. The van der Waals surface area contributed by atoms with Crippen LogP contribution in [0.5, 0.6) is 0 Å². The molecule has 0 fully saturated rings. The predicted molar refractivity (Wildman–Crippen MR) is 46.5 cm³/mol. The Labute approximate surface area is 72.2 Å². The monoisotopic (exact) mass is 178 g/mol. The first-order chi connectivity index (χ1) is 4.63.